The zero-order valence-corrected chi connectivity index (χ0v) is 16.2. The van der Waals surface area contributed by atoms with Crippen LogP contribution >= 0.6 is 0 Å². The molecule has 28 heavy (non-hydrogen) atoms. The van der Waals surface area contributed by atoms with E-state index in [4.69, 9.17) is 4.18 Å². The molecular formula is C18H21N3O6S. The highest BCUT2D eigenvalue weighted by molar-refractivity contribution is 7.85. The minimum absolute atomic E-state index is 0.105. The number of rotatable bonds is 5. The molecule has 0 saturated carbocycles. The number of nitrogens with zero attached hydrogens (tertiary/aromatic N) is 2. The van der Waals surface area contributed by atoms with Crippen molar-refractivity contribution in [2.45, 2.75) is 25.4 Å². The fraction of sp³-hybridized carbons (Fsp3) is 0.500. The molecule has 1 aromatic carbocycles. The number of nitrogens with one attached hydrogen (secondary N) is 1. The number of hydrogen-bond acceptors (Lipinski definition) is 7. The number of fused-ring (bicyclic) bond motifs is 1. The molecule has 2 fully saturated rings. The highest BCUT2D eigenvalue weighted by Crippen LogP contribution is 2.36. The predicted octanol–water partition coefficient (Wildman–Crippen LogP) is -0.140. The zero-order valence-electron chi connectivity index (χ0n) is 15.4. The van der Waals surface area contributed by atoms with Gasteiger partial charge in [-0.1, -0.05) is 6.07 Å². The summed E-state index contributed by atoms with van der Waals surface area (Å²) in [5.74, 6) is -0.840. The van der Waals surface area contributed by atoms with Crippen LogP contribution in [0.5, 0.6) is 0 Å². The van der Waals surface area contributed by atoms with Crippen LogP contribution in [0.15, 0.2) is 18.2 Å². The van der Waals surface area contributed by atoms with Gasteiger partial charge in [-0.2, -0.15) is 8.42 Å². The third kappa shape index (κ3) is 3.49. The first kappa shape index (κ1) is 18.9. The van der Waals surface area contributed by atoms with Gasteiger partial charge in [-0.25, -0.2) is 0 Å². The molecule has 0 bridgehead atoms. The van der Waals surface area contributed by atoms with Crippen LogP contribution in [0.2, 0.25) is 0 Å². The lowest BCUT2D eigenvalue weighted by Gasteiger charge is -2.41. The van der Waals surface area contributed by atoms with Gasteiger partial charge in [0.15, 0.2) is 0 Å². The van der Waals surface area contributed by atoms with Crippen LogP contribution in [0.1, 0.15) is 28.8 Å². The molecule has 10 heteroatoms. The Hall–Kier alpha value is -2.46. The van der Waals surface area contributed by atoms with E-state index in [2.05, 4.69) is 10.2 Å². The van der Waals surface area contributed by atoms with Gasteiger partial charge in [0.1, 0.15) is 6.04 Å². The minimum Gasteiger partial charge on any atom is -0.370 e. The zero-order chi connectivity index (χ0) is 20.1. The molecule has 1 atom stereocenters. The molecule has 150 valence electrons. The number of amides is 3. The summed E-state index contributed by atoms with van der Waals surface area (Å²) in [5.41, 5.74) is 2.34. The highest BCUT2D eigenvalue weighted by atomic mass is 32.2. The van der Waals surface area contributed by atoms with Crippen molar-refractivity contribution in [1.29, 1.82) is 0 Å². The van der Waals surface area contributed by atoms with Crippen molar-refractivity contribution in [1.82, 2.24) is 10.2 Å². The van der Waals surface area contributed by atoms with E-state index in [1.165, 1.54) is 4.90 Å². The SMILES string of the molecule is CS(=O)(=O)OCC1CN(c2cccc3c2CN(C2CCC(=O)NC2=O)C3=O)C1. The number of imide groups is 1. The monoisotopic (exact) mass is 407 g/mol. The minimum atomic E-state index is -3.45. The van der Waals surface area contributed by atoms with Crippen LogP contribution < -0.4 is 10.2 Å². The second-order valence-electron chi connectivity index (χ2n) is 7.46. The van der Waals surface area contributed by atoms with Crippen molar-refractivity contribution in [2.24, 2.45) is 5.92 Å². The molecule has 0 aromatic heterocycles. The Bertz CT molecular complexity index is 954. The molecule has 4 rings (SSSR count). The molecule has 3 aliphatic heterocycles. The first-order valence-corrected chi connectivity index (χ1v) is 10.9. The third-order valence-corrected chi connectivity index (χ3v) is 5.94. The standard InChI is InChI=1S/C18H21N3O6S/c1-28(25,26)27-10-11-7-20(8-11)14-4-2-3-12-13(14)9-21(18(12)24)15-5-6-16(22)19-17(15)23/h2-4,11,15H,5-10H2,1H3,(H,19,22,23). The van der Waals surface area contributed by atoms with Crippen molar-refractivity contribution >= 4 is 33.5 Å². The molecule has 9 nitrogen and oxygen atoms in total. The maximum absolute atomic E-state index is 12.8. The van der Waals surface area contributed by atoms with Crippen LogP contribution in [0.4, 0.5) is 5.69 Å². The summed E-state index contributed by atoms with van der Waals surface area (Å²) in [4.78, 5) is 40.0. The fourth-order valence-corrected chi connectivity index (χ4v) is 4.40. The summed E-state index contributed by atoms with van der Waals surface area (Å²) >= 11 is 0. The Labute approximate surface area is 162 Å². The molecule has 3 amide bonds. The molecule has 2 saturated heterocycles. The topological polar surface area (TPSA) is 113 Å². The molecule has 0 spiro atoms. The van der Waals surface area contributed by atoms with E-state index in [0.717, 1.165) is 17.5 Å². The van der Waals surface area contributed by atoms with E-state index in [-0.39, 0.29) is 30.8 Å². The summed E-state index contributed by atoms with van der Waals surface area (Å²) in [6.07, 6.45) is 1.58. The average Bonchev–Trinajstić information content (AvgIpc) is 2.90. The summed E-state index contributed by atoms with van der Waals surface area (Å²) in [5, 5.41) is 2.30. The molecule has 1 N–H and O–H groups in total. The summed E-state index contributed by atoms with van der Waals surface area (Å²) in [7, 11) is -3.45. The Kier molecular flexibility index (Phi) is 4.62. The molecule has 0 aliphatic carbocycles. The van der Waals surface area contributed by atoms with Gasteiger partial charge in [0.2, 0.25) is 11.8 Å². The Morgan fingerprint density at radius 2 is 1.96 bits per heavy atom. The van der Waals surface area contributed by atoms with Crippen LogP contribution in [0.3, 0.4) is 0 Å². The first-order chi connectivity index (χ1) is 13.2. The van der Waals surface area contributed by atoms with E-state index in [1.807, 2.05) is 6.07 Å². The second kappa shape index (κ2) is 6.85. The van der Waals surface area contributed by atoms with Gasteiger partial charge in [0.05, 0.1) is 12.9 Å². The van der Waals surface area contributed by atoms with E-state index < -0.39 is 22.1 Å². The lowest BCUT2D eigenvalue weighted by molar-refractivity contribution is -0.136. The highest BCUT2D eigenvalue weighted by Gasteiger charge is 2.41. The van der Waals surface area contributed by atoms with Gasteiger partial charge >= 0.3 is 0 Å². The van der Waals surface area contributed by atoms with Gasteiger partial charge in [-0.3, -0.25) is 23.9 Å². The van der Waals surface area contributed by atoms with Crippen LogP contribution in [-0.2, 0) is 30.4 Å². The summed E-state index contributed by atoms with van der Waals surface area (Å²) < 4.78 is 27.1. The number of carbonyl (C=O) groups is 3. The van der Waals surface area contributed by atoms with Crippen LogP contribution in [0.25, 0.3) is 0 Å². The van der Waals surface area contributed by atoms with Crippen molar-refractivity contribution < 1.29 is 27.0 Å². The van der Waals surface area contributed by atoms with E-state index in [0.29, 0.717) is 31.6 Å². The van der Waals surface area contributed by atoms with E-state index in [9.17, 15) is 22.8 Å². The predicted molar refractivity (Wildman–Crippen MR) is 99.0 cm³/mol. The number of carbonyl (C=O) groups excluding carboxylic acids is 3. The van der Waals surface area contributed by atoms with Gasteiger partial charge in [0.25, 0.3) is 16.0 Å². The quantitative estimate of drug-likeness (QED) is 0.534. The maximum atomic E-state index is 12.8. The molecule has 0 radical (unpaired) electrons. The van der Waals surface area contributed by atoms with Crippen molar-refractivity contribution in [2.75, 3.05) is 30.9 Å². The van der Waals surface area contributed by atoms with Gasteiger partial charge in [0, 0.05) is 48.8 Å². The Morgan fingerprint density at radius 1 is 1.21 bits per heavy atom. The molecule has 1 aromatic rings. The number of anilines is 1. The largest absolute Gasteiger partial charge is 0.370 e. The second-order valence-corrected chi connectivity index (χ2v) is 9.11. The Balaban J connectivity index is 1.47. The molecule has 3 aliphatic rings. The van der Waals surface area contributed by atoms with Crippen molar-refractivity contribution in [3.05, 3.63) is 29.3 Å². The van der Waals surface area contributed by atoms with Crippen LogP contribution in [0, 0.1) is 5.92 Å². The maximum Gasteiger partial charge on any atom is 0.264 e. The molecule has 3 heterocycles. The van der Waals surface area contributed by atoms with Crippen molar-refractivity contribution in [3.63, 3.8) is 0 Å². The van der Waals surface area contributed by atoms with Gasteiger partial charge < -0.3 is 9.80 Å². The van der Waals surface area contributed by atoms with E-state index >= 15 is 0 Å². The molecule has 1 unspecified atom stereocenters. The first-order valence-electron chi connectivity index (χ1n) is 9.09. The fourth-order valence-electron chi connectivity index (χ4n) is 3.96. The average molecular weight is 407 g/mol. The van der Waals surface area contributed by atoms with Crippen molar-refractivity contribution in [3.8, 4) is 0 Å². The lowest BCUT2D eigenvalue weighted by atomic mass is 9.97. The third-order valence-electron chi connectivity index (χ3n) is 5.37. The summed E-state index contributed by atoms with van der Waals surface area (Å²) in [6.45, 7) is 1.74. The smallest absolute Gasteiger partial charge is 0.264 e. The Morgan fingerprint density at radius 3 is 2.64 bits per heavy atom. The van der Waals surface area contributed by atoms with Gasteiger partial charge in [-0.15, -0.1) is 0 Å². The lowest BCUT2D eigenvalue weighted by Crippen LogP contribution is -2.52. The van der Waals surface area contributed by atoms with Crippen LogP contribution in [-0.4, -0.2) is 63.0 Å². The van der Waals surface area contributed by atoms with Gasteiger partial charge in [-0.05, 0) is 18.6 Å². The number of hydrogen-bond donors (Lipinski definition) is 1. The molecular weight excluding hydrogens is 386 g/mol. The normalized spacial score (nSPS) is 22.9. The van der Waals surface area contributed by atoms with E-state index in [1.54, 1.807) is 12.1 Å². The summed E-state index contributed by atoms with van der Waals surface area (Å²) in [6, 6.07) is 4.84. The number of benzene rings is 1. The number of piperidine rings is 1.